The summed E-state index contributed by atoms with van der Waals surface area (Å²) in [6.07, 6.45) is 35.4. The third-order valence-corrected chi connectivity index (χ3v) is 11.1. The first-order valence-corrected chi connectivity index (χ1v) is 19.6. The third-order valence-electron chi connectivity index (χ3n) is 11.1. The highest BCUT2D eigenvalue weighted by molar-refractivity contribution is 6.11. The molecule has 3 aliphatic carbocycles. The van der Waals surface area contributed by atoms with Crippen molar-refractivity contribution in [1.82, 2.24) is 19.5 Å². The predicted molar refractivity (Wildman–Crippen MR) is 234 cm³/mol. The Kier molecular flexibility index (Phi) is 8.68. The first-order chi connectivity index (χ1) is 27.7. The van der Waals surface area contributed by atoms with Crippen LogP contribution in [0, 0.1) is 0 Å². The monoisotopic (exact) mass is 723 g/mol. The summed E-state index contributed by atoms with van der Waals surface area (Å²) in [6.45, 7) is 4.37. The first kappa shape index (κ1) is 33.7. The van der Waals surface area contributed by atoms with Crippen molar-refractivity contribution < 1.29 is 0 Å². The van der Waals surface area contributed by atoms with Crippen molar-refractivity contribution in [3.63, 3.8) is 0 Å². The van der Waals surface area contributed by atoms with E-state index in [1.807, 2.05) is 0 Å². The molecule has 4 aliphatic rings. The number of para-hydroxylation sites is 1. The lowest BCUT2D eigenvalue weighted by Gasteiger charge is -2.25. The van der Waals surface area contributed by atoms with E-state index in [1.54, 1.807) is 0 Å². The highest BCUT2D eigenvalue weighted by Gasteiger charge is 2.21. The van der Waals surface area contributed by atoms with E-state index in [4.69, 9.17) is 15.0 Å². The summed E-state index contributed by atoms with van der Waals surface area (Å²) in [6, 6.07) is 30.9. The highest BCUT2D eigenvalue weighted by atomic mass is 15.1. The molecule has 0 bridgehead atoms. The Labute approximate surface area is 327 Å². The Morgan fingerprint density at radius 1 is 0.589 bits per heavy atom. The number of benzene rings is 4. The van der Waals surface area contributed by atoms with Crippen LogP contribution >= 0.6 is 0 Å². The average Bonchev–Trinajstić information content (AvgIpc) is 3.59. The van der Waals surface area contributed by atoms with Crippen molar-refractivity contribution in [1.29, 1.82) is 0 Å². The fourth-order valence-electron chi connectivity index (χ4n) is 8.25. The maximum atomic E-state index is 5.15. The van der Waals surface area contributed by atoms with Crippen molar-refractivity contribution in [2.45, 2.75) is 38.0 Å². The molecular formula is C51H41N5. The normalized spacial score (nSPS) is 18.8. The topological polar surface area (TPSA) is 46.8 Å². The largest absolute Gasteiger partial charge is 0.316 e. The molecule has 6 aromatic rings. The molecular weight excluding hydrogens is 683 g/mol. The summed E-state index contributed by atoms with van der Waals surface area (Å²) >= 11 is 0. The molecule has 2 aromatic heterocycles. The maximum absolute atomic E-state index is 5.15. The Balaban J connectivity index is 1.17. The van der Waals surface area contributed by atoms with Crippen LogP contribution in [0.1, 0.15) is 60.8 Å². The molecule has 0 saturated heterocycles. The second kappa shape index (κ2) is 14.4. The number of rotatable bonds is 6. The first-order valence-electron chi connectivity index (χ1n) is 19.6. The summed E-state index contributed by atoms with van der Waals surface area (Å²) in [4.78, 5) is 17.6. The summed E-state index contributed by atoms with van der Waals surface area (Å²) < 4.78 is 2.41. The number of nitrogens with zero attached hydrogens (tertiary/aromatic N) is 5. The van der Waals surface area contributed by atoms with Crippen molar-refractivity contribution in [3.05, 3.63) is 199 Å². The number of fused-ring (bicyclic) bond motifs is 4. The van der Waals surface area contributed by atoms with Crippen LogP contribution in [0.15, 0.2) is 177 Å². The van der Waals surface area contributed by atoms with E-state index >= 15 is 0 Å². The Hall–Kier alpha value is -6.85. The van der Waals surface area contributed by atoms with Gasteiger partial charge < -0.3 is 9.47 Å². The van der Waals surface area contributed by atoms with Gasteiger partial charge in [0.25, 0.3) is 0 Å². The Morgan fingerprint density at radius 3 is 2.21 bits per heavy atom. The van der Waals surface area contributed by atoms with Crippen LogP contribution in [0.3, 0.4) is 0 Å². The van der Waals surface area contributed by atoms with E-state index in [9.17, 15) is 0 Å². The molecule has 5 nitrogen and oxygen atoms in total. The van der Waals surface area contributed by atoms with E-state index in [-0.39, 0.29) is 5.92 Å². The maximum Gasteiger partial charge on any atom is 0.163 e. The molecule has 4 aromatic carbocycles. The van der Waals surface area contributed by atoms with Crippen molar-refractivity contribution in [2.24, 2.45) is 0 Å². The van der Waals surface area contributed by atoms with Gasteiger partial charge in [-0.2, -0.15) is 0 Å². The summed E-state index contributed by atoms with van der Waals surface area (Å²) in [5.41, 5.74) is 12.1. The number of anilines is 2. The van der Waals surface area contributed by atoms with Gasteiger partial charge in [-0.05, 0) is 91.3 Å². The summed E-state index contributed by atoms with van der Waals surface area (Å²) in [5, 5.41) is 2.40. The number of hydrogen-bond donors (Lipinski definition) is 0. The second-order valence-corrected chi connectivity index (χ2v) is 14.7. The van der Waals surface area contributed by atoms with Crippen molar-refractivity contribution >= 4 is 49.9 Å². The van der Waals surface area contributed by atoms with Crippen LogP contribution in [-0.4, -0.2) is 19.5 Å². The van der Waals surface area contributed by atoms with Gasteiger partial charge in [-0.1, -0.05) is 128 Å². The lowest BCUT2D eigenvalue weighted by molar-refractivity contribution is 0.756. The number of allylic oxidation sites excluding steroid dienone is 16. The molecule has 0 radical (unpaired) electrons. The minimum absolute atomic E-state index is 0.101. The van der Waals surface area contributed by atoms with Gasteiger partial charge in [-0.25, -0.2) is 15.0 Å². The van der Waals surface area contributed by atoms with E-state index in [0.717, 1.165) is 94.1 Å². The fourth-order valence-corrected chi connectivity index (χ4v) is 8.25. The SMILES string of the molecule is C=C1/C=C\C=C/N(c2ccc3c4ccc(C5=CCCC=C5)cc4n(-c4cccc(-c5nc(C6=CCCC=C6)nc(C6C=CC=CC6)n5)c4)c3c2)c2ccccc21. The lowest BCUT2D eigenvalue weighted by Crippen LogP contribution is -2.11. The van der Waals surface area contributed by atoms with Gasteiger partial charge in [-0.3, -0.25) is 0 Å². The molecule has 5 heteroatoms. The Bertz CT molecular complexity index is 2810. The fraction of sp³-hybridized carbons (Fsp3) is 0.118. The minimum Gasteiger partial charge on any atom is -0.316 e. The second-order valence-electron chi connectivity index (χ2n) is 14.7. The van der Waals surface area contributed by atoms with Gasteiger partial charge >= 0.3 is 0 Å². The van der Waals surface area contributed by atoms with E-state index in [0.29, 0.717) is 5.82 Å². The van der Waals surface area contributed by atoms with E-state index < -0.39 is 0 Å². The third kappa shape index (κ3) is 6.21. The molecule has 0 saturated carbocycles. The zero-order chi connectivity index (χ0) is 37.4. The predicted octanol–water partition coefficient (Wildman–Crippen LogP) is 12.9. The molecule has 0 fully saturated rings. The summed E-state index contributed by atoms with van der Waals surface area (Å²) in [5.74, 6) is 2.32. The molecule has 1 unspecified atom stereocenters. The van der Waals surface area contributed by atoms with Gasteiger partial charge in [0.15, 0.2) is 11.6 Å². The molecule has 0 N–H and O–H groups in total. The van der Waals surface area contributed by atoms with Crippen LogP contribution in [0.25, 0.3) is 55.6 Å². The standard InChI is InChI=1S/C51H41N5/c1-35-16-13-14-31-55(46-26-12-11-25-43(35)46)41-28-30-45-44-29-27-39(36-17-5-2-6-18-36)33-47(44)56(48(45)34-41)42-24-15-23-40(32-42)51-53-49(37-19-7-3-8-20-37)52-50(54-51)38-21-9-4-10-22-38/h3,5,7-9,11-19,21-34,37H,1-2,4,6,10,20H2/b16-13-,31-14-. The average molecular weight is 724 g/mol. The quantitative estimate of drug-likeness (QED) is 0.172. The van der Waals surface area contributed by atoms with Crippen LogP contribution in [0.4, 0.5) is 11.4 Å². The van der Waals surface area contributed by atoms with Crippen LogP contribution in [0.2, 0.25) is 0 Å². The Morgan fingerprint density at radius 2 is 1.39 bits per heavy atom. The number of hydrogen-bond acceptors (Lipinski definition) is 4. The number of aromatic nitrogens is 4. The molecule has 3 heterocycles. The highest BCUT2D eigenvalue weighted by Crippen LogP contribution is 2.40. The van der Waals surface area contributed by atoms with Gasteiger partial charge in [0.05, 0.1) is 16.7 Å². The summed E-state index contributed by atoms with van der Waals surface area (Å²) in [7, 11) is 0. The minimum atomic E-state index is 0.101. The molecule has 1 atom stereocenters. The molecule has 0 amide bonds. The molecule has 1 aliphatic heterocycles. The van der Waals surface area contributed by atoms with Gasteiger partial charge in [0.1, 0.15) is 5.82 Å². The van der Waals surface area contributed by atoms with Crippen LogP contribution in [0.5, 0.6) is 0 Å². The molecule has 270 valence electrons. The molecule has 10 rings (SSSR count). The van der Waals surface area contributed by atoms with E-state index in [2.05, 4.69) is 186 Å². The van der Waals surface area contributed by atoms with Gasteiger partial charge in [0, 0.05) is 51.0 Å². The zero-order valence-corrected chi connectivity index (χ0v) is 31.2. The zero-order valence-electron chi connectivity index (χ0n) is 31.2. The lowest BCUT2D eigenvalue weighted by atomic mass is 9.98. The van der Waals surface area contributed by atoms with Gasteiger partial charge in [-0.15, -0.1) is 0 Å². The molecule has 56 heavy (non-hydrogen) atoms. The smallest absolute Gasteiger partial charge is 0.163 e. The van der Waals surface area contributed by atoms with Crippen molar-refractivity contribution in [2.75, 3.05) is 4.90 Å². The van der Waals surface area contributed by atoms with Crippen LogP contribution in [-0.2, 0) is 0 Å². The molecule has 0 spiro atoms. The van der Waals surface area contributed by atoms with Crippen molar-refractivity contribution in [3.8, 4) is 17.1 Å². The van der Waals surface area contributed by atoms with E-state index in [1.165, 1.54) is 21.9 Å². The van der Waals surface area contributed by atoms with Crippen LogP contribution < -0.4 is 4.90 Å². The van der Waals surface area contributed by atoms with Gasteiger partial charge in [0.2, 0.25) is 0 Å².